The number of halogens is 4. The second kappa shape index (κ2) is 22.9. The summed E-state index contributed by atoms with van der Waals surface area (Å²) in [7, 11) is 0. The van der Waals surface area contributed by atoms with Crippen LogP contribution in [0.2, 0.25) is 10.0 Å². The standard InChI is InChI=1S/C46H42Cl4N8O6/c1-5-31-32(6-2)40(54-46(64)42(26(4)60)58-56-30-16-18-36(50)34(22-30)44(62)52-38-14-10-8-12-28(38)24-48)20-19-39(31)53-45(63)41(25(3)59)57-55-29-15-17-35(49)33(21-29)43(61)51-37-13-9-7-11-27(37)23-47/h7-22,41-42H,5-6,23-24H2,1-4H3,(H,51,61)(H,52,62)(H,53,63)(H,54,64). The molecule has 18 heteroatoms. The third kappa shape index (κ3) is 12.2. The molecule has 14 nitrogen and oxygen atoms in total. The van der Waals surface area contributed by atoms with Crippen molar-refractivity contribution in [3.8, 4) is 0 Å². The molecule has 2 unspecified atom stereocenters. The lowest BCUT2D eigenvalue weighted by atomic mass is 9.98. The average Bonchev–Trinajstić information content (AvgIpc) is 3.27. The smallest absolute Gasteiger partial charge is 0.258 e. The Balaban J connectivity index is 1.31. The zero-order valence-electron chi connectivity index (χ0n) is 35.0. The molecule has 0 aromatic heterocycles. The van der Waals surface area contributed by atoms with Crippen LogP contribution in [0, 0.1) is 0 Å². The van der Waals surface area contributed by atoms with E-state index < -0.39 is 47.3 Å². The lowest BCUT2D eigenvalue weighted by Gasteiger charge is -2.20. The normalized spacial score (nSPS) is 12.1. The monoisotopic (exact) mass is 942 g/mol. The number of rotatable bonds is 18. The molecule has 0 saturated carbocycles. The minimum Gasteiger partial charge on any atom is -0.323 e. The van der Waals surface area contributed by atoms with Gasteiger partial charge < -0.3 is 21.3 Å². The van der Waals surface area contributed by atoms with Gasteiger partial charge in [0, 0.05) is 34.5 Å². The van der Waals surface area contributed by atoms with E-state index in [1.54, 1.807) is 60.7 Å². The molecule has 0 bridgehead atoms. The molecule has 5 aromatic rings. The summed E-state index contributed by atoms with van der Waals surface area (Å²) in [4.78, 5) is 78.9. The molecule has 0 spiro atoms. The van der Waals surface area contributed by atoms with Gasteiger partial charge in [-0.15, -0.1) is 23.2 Å². The van der Waals surface area contributed by atoms with Crippen molar-refractivity contribution in [1.82, 2.24) is 0 Å². The maximum Gasteiger partial charge on any atom is 0.258 e. The Kier molecular flexibility index (Phi) is 17.4. The lowest BCUT2D eigenvalue weighted by Crippen LogP contribution is -2.33. The Labute approximate surface area is 389 Å². The number of nitrogens with zero attached hydrogens (tertiary/aromatic N) is 4. The number of para-hydroxylation sites is 2. The quantitative estimate of drug-likeness (QED) is 0.0382. The van der Waals surface area contributed by atoms with Gasteiger partial charge in [-0.3, -0.25) is 28.8 Å². The number of Topliss-reactive ketones (excluding diaryl/α,β-unsaturated/α-hetero) is 2. The number of hydrogen-bond donors (Lipinski definition) is 4. The summed E-state index contributed by atoms with van der Waals surface area (Å²) < 4.78 is 0. The zero-order valence-corrected chi connectivity index (χ0v) is 38.0. The number of amides is 4. The summed E-state index contributed by atoms with van der Waals surface area (Å²) in [6.45, 7) is 6.10. The van der Waals surface area contributed by atoms with Gasteiger partial charge in [0.1, 0.15) is 0 Å². The van der Waals surface area contributed by atoms with Crippen LogP contribution in [-0.2, 0) is 43.8 Å². The number of alkyl halides is 2. The molecule has 5 aromatic carbocycles. The van der Waals surface area contributed by atoms with E-state index in [1.807, 2.05) is 13.8 Å². The Hall–Kier alpha value is -6.32. The van der Waals surface area contributed by atoms with Gasteiger partial charge in [-0.05, 0) is 110 Å². The molecule has 0 fully saturated rings. The molecular formula is C46H42Cl4N8O6. The highest BCUT2D eigenvalue weighted by atomic mass is 35.5. The lowest BCUT2D eigenvalue weighted by molar-refractivity contribution is -0.127. The highest BCUT2D eigenvalue weighted by Crippen LogP contribution is 2.31. The van der Waals surface area contributed by atoms with Gasteiger partial charge in [0.15, 0.2) is 11.6 Å². The highest BCUT2D eigenvalue weighted by molar-refractivity contribution is 6.35. The van der Waals surface area contributed by atoms with Gasteiger partial charge in [0.2, 0.25) is 12.1 Å². The van der Waals surface area contributed by atoms with Crippen LogP contribution < -0.4 is 21.3 Å². The second-order valence-electron chi connectivity index (χ2n) is 14.1. The van der Waals surface area contributed by atoms with Gasteiger partial charge in [-0.2, -0.15) is 20.5 Å². The second-order valence-corrected chi connectivity index (χ2v) is 15.4. The molecular weight excluding hydrogens is 902 g/mol. The summed E-state index contributed by atoms with van der Waals surface area (Å²) in [5.41, 5.74) is 4.95. The topological polar surface area (TPSA) is 200 Å². The first-order valence-corrected chi connectivity index (χ1v) is 21.6. The summed E-state index contributed by atoms with van der Waals surface area (Å²) in [6, 6.07) is 22.7. The van der Waals surface area contributed by atoms with E-state index in [1.165, 1.54) is 50.2 Å². The Morgan fingerprint density at radius 3 is 1.23 bits per heavy atom. The molecule has 4 N–H and O–H groups in total. The summed E-state index contributed by atoms with van der Waals surface area (Å²) >= 11 is 24.7. The molecule has 0 heterocycles. The van der Waals surface area contributed by atoms with Crippen LogP contribution in [0.5, 0.6) is 0 Å². The van der Waals surface area contributed by atoms with Crippen molar-refractivity contribution in [1.29, 1.82) is 0 Å². The Morgan fingerprint density at radius 2 is 0.891 bits per heavy atom. The minimum atomic E-state index is -1.56. The number of benzene rings is 5. The van der Waals surface area contributed by atoms with Crippen molar-refractivity contribution in [2.75, 3.05) is 21.3 Å². The fraction of sp³-hybridized carbons (Fsp3) is 0.217. The first kappa shape index (κ1) is 48.7. The molecule has 64 heavy (non-hydrogen) atoms. The summed E-state index contributed by atoms with van der Waals surface area (Å²) in [6.07, 6.45) is 0.805. The zero-order chi connectivity index (χ0) is 46.5. The van der Waals surface area contributed by atoms with Crippen LogP contribution in [0.15, 0.2) is 118 Å². The molecule has 5 rings (SSSR count). The summed E-state index contributed by atoms with van der Waals surface area (Å²) in [5, 5.41) is 27.7. The Bertz CT molecular complexity index is 2490. The average molecular weight is 945 g/mol. The number of ketones is 2. The van der Waals surface area contributed by atoms with Gasteiger partial charge in [0.25, 0.3) is 23.6 Å². The molecule has 0 radical (unpaired) electrons. The van der Waals surface area contributed by atoms with Crippen LogP contribution >= 0.6 is 46.4 Å². The maximum atomic E-state index is 13.6. The van der Waals surface area contributed by atoms with Crippen molar-refractivity contribution in [3.63, 3.8) is 0 Å². The van der Waals surface area contributed by atoms with Crippen LogP contribution in [0.4, 0.5) is 34.1 Å². The molecule has 0 aliphatic heterocycles. The van der Waals surface area contributed by atoms with E-state index in [-0.39, 0.29) is 44.3 Å². The fourth-order valence-electron chi connectivity index (χ4n) is 6.42. The number of nitrogens with one attached hydrogen (secondary N) is 4. The first-order valence-electron chi connectivity index (χ1n) is 19.8. The Morgan fingerprint density at radius 1 is 0.516 bits per heavy atom. The number of carbonyl (C=O) groups is 6. The largest absolute Gasteiger partial charge is 0.323 e. The van der Waals surface area contributed by atoms with Crippen LogP contribution in [0.25, 0.3) is 0 Å². The first-order chi connectivity index (χ1) is 30.7. The predicted molar refractivity (Wildman–Crippen MR) is 251 cm³/mol. The minimum absolute atomic E-state index is 0.0821. The van der Waals surface area contributed by atoms with Crippen molar-refractivity contribution in [2.24, 2.45) is 20.5 Å². The van der Waals surface area contributed by atoms with E-state index >= 15 is 0 Å². The molecule has 330 valence electrons. The SMILES string of the molecule is CCc1c(NC(=O)C(N=Nc2ccc(Cl)c(C(=O)Nc3ccccc3CCl)c2)C(C)=O)ccc(NC(=O)C(N=Nc2ccc(Cl)c(C(=O)Nc3ccccc3CCl)c2)C(C)=O)c1CC. The van der Waals surface area contributed by atoms with E-state index in [9.17, 15) is 28.8 Å². The molecule has 0 aliphatic rings. The van der Waals surface area contributed by atoms with Crippen molar-refractivity contribution >= 4 is 116 Å². The van der Waals surface area contributed by atoms with Crippen molar-refractivity contribution in [3.05, 3.63) is 140 Å². The van der Waals surface area contributed by atoms with Crippen molar-refractivity contribution in [2.45, 2.75) is 64.4 Å². The molecule has 0 saturated heterocycles. The van der Waals surface area contributed by atoms with Crippen molar-refractivity contribution < 1.29 is 28.8 Å². The van der Waals surface area contributed by atoms with Gasteiger partial charge in [-0.25, -0.2) is 0 Å². The van der Waals surface area contributed by atoms with Gasteiger partial charge >= 0.3 is 0 Å². The predicted octanol–water partition coefficient (Wildman–Crippen LogP) is 11.5. The van der Waals surface area contributed by atoms with E-state index in [4.69, 9.17) is 46.4 Å². The van der Waals surface area contributed by atoms with E-state index in [0.717, 1.165) is 0 Å². The van der Waals surface area contributed by atoms with Crippen LogP contribution in [0.3, 0.4) is 0 Å². The van der Waals surface area contributed by atoms with Gasteiger partial charge in [0.05, 0.1) is 32.5 Å². The third-order valence-corrected chi connectivity index (χ3v) is 10.9. The third-order valence-electron chi connectivity index (χ3n) is 9.71. The number of hydrogen-bond acceptors (Lipinski definition) is 10. The molecule has 0 aliphatic carbocycles. The summed E-state index contributed by atoms with van der Waals surface area (Å²) in [5.74, 6) is -3.44. The van der Waals surface area contributed by atoms with E-state index in [0.29, 0.717) is 57.8 Å². The van der Waals surface area contributed by atoms with Crippen LogP contribution in [-0.4, -0.2) is 47.3 Å². The molecule has 4 amide bonds. The van der Waals surface area contributed by atoms with Gasteiger partial charge in [-0.1, -0.05) is 73.4 Å². The maximum absolute atomic E-state index is 13.6. The van der Waals surface area contributed by atoms with Crippen LogP contribution in [0.1, 0.15) is 70.7 Å². The number of anilines is 4. The molecule has 2 atom stereocenters. The highest BCUT2D eigenvalue weighted by Gasteiger charge is 2.27. The number of azo groups is 2. The fourth-order valence-corrected chi connectivity index (χ4v) is 7.29. The number of carbonyl (C=O) groups excluding carboxylic acids is 6. The van der Waals surface area contributed by atoms with E-state index in [2.05, 4.69) is 41.7 Å².